The van der Waals surface area contributed by atoms with Gasteiger partial charge in [-0.15, -0.1) is 0 Å². The van der Waals surface area contributed by atoms with Crippen molar-refractivity contribution in [3.05, 3.63) is 30.5 Å². The zero-order valence-electron chi connectivity index (χ0n) is 21.6. The second-order valence-corrected chi connectivity index (χ2v) is 11.2. The molecule has 192 valence electrons. The van der Waals surface area contributed by atoms with E-state index in [0.29, 0.717) is 30.0 Å². The van der Waals surface area contributed by atoms with Crippen LogP contribution in [0.1, 0.15) is 57.4 Å². The lowest BCUT2D eigenvalue weighted by Gasteiger charge is -2.47. The second kappa shape index (κ2) is 9.67. The first-order valence-electron chi connectivity index (χ1n) is 13.1. The molecule has 2 saturated heterocycles. The maximum atomic E-state index is 12.2. The van der Waals surface area contributed by atoms with E-state index in [1.165, 1.54) is 24.5 Å². The summed E-state index contributed by atoms with van der Waals surface area (Å²) < 4.78 is 0. The molecule has 1 atom stereocenters. The average molecular weight is 492 g/mol. The van der Waals surface area contributed by atoms with Gasteiger partial charge in [-0.3, -0.25) is 14.6 Å². The van der Waals surface area contributed by atoms with Crippen LogP contribution in [-0.2, 0) is 9.59 Å². The highest BCUT2D eigenvalue weighted by Crippen LogP contribution is 2.42. The van der Waals surface area contributed by atoms with Crippen LogP contribution in [0.3, 0.4) is 0 Å². The lowest BCUT2D eigenvalue weighted by atomic mass is 9.79. The van der Waals surface area contributed by atoms with E-state index in [-0.39, 0.29) is 23.3 Å². The minimum atomic E-state index is -0.0594. The van der Waals surface area contributed by atoms with Crippen molar-refractivity contribution in [1.29, 1.82) is 0 Å². The third-order valence-corrected chi connectivity index (χ3v) is 7.66. The Morgan fingerprint density at radius 2 is 2.03 bits per heavy atom. The molecule has 2 amide bonds. The normalized spacial score (nSPS) is 19.4. The number of fused-ring (bicyclic) bond motifs is 1. The molecule has 2 aromatic rings. The Balaban J connectivity index is 1.44. The summed E-state index contributed by atoms with van der Waals surface area (Å²) in [6.07, 6.45) is 7.96. The first kappa shape index (κ1) is 24.5. The van der Waals surface area contributed by atoms with E-state index in [4.69, 9.17) is 15.0 Å². The summed E-state index contributed by atoms with van der Waals surface area (Å²) in [4.78, 5) is 43.0. The fourth-order valence-corrected chi connectivity index (χ4v) is 5.60. The number of carbonyl (C=O) groups excluding carboxylic acids is 2. The molecule has 9 nitrogen and oxygen atoms in total. The van der Waals surface area contributed by atoms with Crippen molar-refractivity contribution in [2.45, 2.75) is 57.9 Å². The van der Waals surface area contributed by atoms with Gasteiger partial charge in [-0.2, -0.15) is 4.98 Å². The number of carbonyl (C=O) groups is 2. The number of hydrogen-bond donors (Lipinski definition) is 2. The number of pyridine rings is 1. The Labute approximate surface area is 212 Å². The second-order valence-electron chi connectivity index (χ2n) is 11.2. The van der Waals surface area contributed by atoms with Gasteiger partial charge in [-0.1, -0.05) is 20.4 Å². The fraction of sp³-hybridized carbons (Fsp3) is 0.593. The van der Waals surface area contributed by atoms with E-state index in [2.05, 4.69) is 42.0 Å². The van der Waals surface area contributed by atoms with Gasteiger partial charge in [0.25, 0.3) is 0 Å². The molecular weight excluding hydrogens is 454 g/mol. The van der Waals surface area contributed by atoms with E-state index in [0.717, 1.165) is 50.1 Å². The number of nitrogens with one attached hydrogen (secondary N) is 2. The smallest absolute Gasteiger partial charge is 0.245 e. The molecule has 5 rings (SSSR count). The van der Waals surface area contributed by atoms with E-state index in [1.54, 1.807) is 7.05 Å². The molecule has 36 heavy (non-hydrogen) atoms. The van der Waals surface area contributed by atoms with E-state index in [9.17, 15) is 9.59 Å². The van der Waals surface area contributed by atoms with Crippen LogP contribution >= 0.6 is 0 Å². The van der Waals surface area contributed by atoms with Crippen molar-refractivity contribution in [3.8, 4) is 0 Å². The Kier molecular flexibility index (Phi) is 6.57. The van der Waals surface area contributed by atoms with E-state index >= 15 is 0 Å². The predicted molar refractivity (Wildman–Crippen MR) is 141 cm³/mol. The Hall–Kier alpha value is -3.23. The number of nitrogens with zero attached hydrogens (tertiary/aromatic N) is 5. The van der Waals surface area contributed by atoms with Gasteiger partial charge in [0.15, 0.2) is 5.82 Å². The standard InChI is InChI=1S/C27H37N7O2/c1-5-23(36)34-15-27(16-34)8-9-33(14-27)26-31-21-11-19(18-6-7-18)13-29-24(21)25(32-26)30-20(10-17(2)3)12-22(35)28-4/h5,11,13,17-18,20H,1,6-10,12,14-16H2,2-4H3,(H,28,35)(H,30,31,32)/t20-/m0/s1. The molecule has 2 N–H and O–H groups in total. The van der Waals surface area contributed by atoms with Crippen molar-refractivity contribution in [2.24, 2.45) is 11.3 Å². The minimum absolute atomic E-state index is 0.000748. The van der Waals surface area contributed by atoms with Crippen LogP contribution < -0.4 is 15.5 Å². The zero-order chi connectivity index (χ0) is 25.4. The molecule has 1 aliphatic carbocycles. The predicted octanol–water partition coefficient (Wildman–Crippen LogP) is 3.09. The number of likely N-dealkylation sites (tertiary alicyclic amines) is 1. The third kappa shape index (κ3) is 5.01. The Bertz CT molecular complexity index is 1170. The first-order valence-corrected chi connectivity index (χ1v) is 13.1. The number of aromatic nitrogens is 3. The summed E-state index contributed by atoms with van der Waals surface area (Å²) in [5, 5.41) is 6.30. The zero-order valence-corrected chi connectivity index (χ0v) is 21.6. The summed E-state index contributed by atoms with van der Waals surface area (Å²) in [6, 6.07) is 2.10. The van der Waals surface area contributed by atoms with Crippen molar-refractivity contribution >= 4 is 34.6 Å². The van der Waals surface area contributed by atoms with Gasteiger partial charge in [-0.05, 0) is 55.2 Å². The number of anilines is 2. The number of amides is 2. The highest BCUT2D eigenvalue weighted by Gasteiger charge is 2.49. The van der Waals surface area contributed by atoms with Gasteiger partial charge in [0, 0.05) is 57.3 Å². The molecule has 3 fully saturated rings. The molecule has 2 aromatic heterocycles. The van der Waals surface area contributed by atoms with Crippen LogP contribution in [0.15, 0.2) is 24.9 Å². The Morgan fingerprint density at radius 3 is 2.69 bits per heavy atom. The van der Waals surface area contributed by atoms with Crippen LogP contribution in [0.5, 0.6) is 0 Å². The molecule has 4 heterocycles. The number of hydrogen-bond acceptors (Lipinski definition) is 7. The molecular formula is C27H37N7O2. The average Bonchev–Trinajstić information content (AvgIpc) is 3.59. The molecule has 1 saturated carbocycles. The molecule has 0 unspecified atom stereocenters. The Morgan fingerprint density at radius 1 is 1.25 bits per heavy atom. The molecule has 1 spiro atoms. The van der Waals surface area contributed by atoms with Crippen LogP contribution in [0.2, 0.25) is 0 Å². The van der Waals surface area contributed by atoms with Crippen LogP contribution in [0.25, 0.3) is 11.0 Å². The number of rotatable bonds is 9. The van der Waals surface area contributed by atoms with Crippen molar-refractivity contribution in [3.63, 3.8) is 0 Å². The summed E-state index contributed by atoms with van der Waals surface area (Å²) in [5.74, 6) is 2.38. The largest absolute Gasteiger partial charge is 0.365 e. The van der Waals surface area contributed by atoms with Gasteiger partial charge in [0.2, 0.25) is 17.8 Å². The topological polar surface area (TPSA) is 103 Å². The summed E-state index contributed by atoms with van der Waals surface area (Å²) >= 11 is 0. The van der Waals surface area contributed by atoms with Crippen LogP contribution in [0.4, 0.5) is 11.8 Å². The summed E-state index contributed by atoms with van der Waals surface area (Å²) in [7, 11) is 1.67. The minimum Gasteiger partial charge on any atom is -0.365 e. The maximum absolute atomic E-state index is 12.2. The fourth-order valence-electron chi connectivity index (χ4n) is 5.60. The van der Waals surface area contributed by atoms with Crippen molar-refractivity contribution in [2.75, 3.05) is 43.4 Å². The van der Waals surface area contributed by atoms with Gasteiger partial charge < -0.3 is 20.4 Å². The van der Waals surface area contributed by atoms with Gasteiger partial charge in [0.05, 0.1) is 5.52 Å². The summed E-state index contributed by atoms with van der Waals surface area (Å²) in [5.41, 5.74) is 2.91. The van der Waals surface area contributed by atoms with Gasteiger partial charge in [-0.25, -0.2) is 4.98 Å². The highest BCUT2D eigenvalue weighted by molar-refractivity contribution is 5.88. The first-order chi connectivity index (χ1) is 17.3. The monoisotopic (exact) mass is 491 g/mol. The lowest BCUT2D eigenvalue weighted by Crippen LogP contribution is -2.59. The molecule has 0 aromatic carbocycles. The molecule has 3 aliphatic rings. The molecule has 0 bridgehead atoms. The SMILES string of the molecule is C=CC(=O)N1CC2(CCN(c3nc(N[C@H](CC(=O)NC)CC(C)C)c4ncc(C5CC5)cc4n3)C2)C1. The van der Waals surface area contributed by atoms with Crippen molar-refractivity contribution < 1.29 is 9.59 Å². The third-order valence-electron chi connectivity index (χ3n) is 7.66. The molecule has 2 aliphatic heterocycles. The highest BCUT2D eigenvalue weighted by atomic mass is 16.2. The molecule has 0 radical (unpaired) electrons. The van der Waals surface area contributed by atoms with Crippen LogP contribution in [0, 0.1) is 11.3 Å². The lowest BCUT2D eigenvalue weighted by molar-refractivity contribution is -0.136. The van der Waals surface area contributed by atoms with Gasteiger partial charge >= 0.3 is 0 Å². The van der Waals surface area contributed by atoms with Crippen LogP contribution in [-0.4, -0.2) is 70.9 Å². The van der Waals surface area contributed by atoms with Crippen molar-refractivity contribution in [1.82, 2.24) is 25.2 Å². The maximum Gasteiger partial charge on any atom is 0.245 e. The molecule has 9 heteroatoms. The summed E-state index contributed by atoms with van der Waals surface area (Å²) in [6.45, 7) is 11.1. The van der Waals surface area contributed by atoms with E-state index in [1.807, 2.05) is 11.1 Å². The van der Waals surface area contributed by atoms with E-state index < -0.39 is 0 Å². The van der Waals surface area contributed by atoms with Gasteiger partial charge in [0.1, 0.15) is 5.52 Å². The quantitative estimate of drug-likeness (QED) is 0.520.